The number of carbonyl (C=O) groups excluding carboxylic acids is 1. The summed E-state index contributed by atoms with van der Waals surface area (Å²) in [7, 11) is 0. The molecule has 1 N–H and O–H groups in total. The second kappa shape index (κ2) is 11.4. The van der Waals surface area contributed by atoms with Gasteiger partial charge in [-0.05, 0) is 67.6 Å². The van der Waals surface area contributed by atoms with E-state index < -0.39 is 0 Å². The van der Waals surface area contributed by atoms with Crippen molar-refractivity contribution < 1.29 is 9.53 Å². The lowest BCUT2D eigenvalue weighted by Gasteiger charge is -2.17. The van der Waals surface area contributed by atoms with Crippen molar-refractivity contribution in [3.8, 4) is 5.75 Å². The smallest absolute Gasteiger partial charge is 0.253 e. The number of carbonyl (C=O) groups is 1. The van der Waals surface area contributed by atoms with E-state index in [4.69, 9.17) is 21.3 Å². The molecule has 0 aliphatic heterocycles. The SMILES string of the molecule is CC(C)c1ccc(OCCCCn2c(C(C)NC(=O)c3ccccc3Cl)nc3ccccc32)cc1. The maximum Gasteiger partial charge on any atom is 0.253 e. The van der Waals surface area contributed by atoms with E-state index in [1.807, 2.05) is 43.3 Å². The van der Waals surface area contributed by atoms with Gasteiger partial charge in [-0.1, -0.05) is 61.8 Å². The number of para-hydroxylation sites is 2. The van der Waals surface area contributed by atoms with E-state index in [2.05, 4.69) is 41.9 Å². The lowest BCUT2D eigenvalue weighted by atomic mass is 10.0. The molecule has 0 spiro atoms. The van der Waals surface area contributed by atoms with Crippen LogP contribution in [0.5, 0.6) is 5.75 Å². The predicted octanol–water partition coefficient (Wildman–Crippen LogP) is 7.16. The zero-order chi connectivity index (χ0) is 24.8. The normalized spacial score (nSPS) is 12.1. The van der Waals surface area contributed by atoms with Crippen molar-refractivity contribution in [2.24, 2.45) is 0 Å². The number of amides is 1. The Bertz CT molecular complexity index is 1280. The number of fused-ring (bicyclic) bond motifs is 1. The van der Waals surface area contributed by atoms with Crippen LogP contribution in [0.2, 0.25) is 5.02 Å². The maximum atomic E-state index is 12.8. The Morgan fingerprint density at radius 3 is 2.43 bits per heavy atom. The molecule has 0 aliphatic carbocycles. The molecule has 0 aliphatic rings. The molecule has 1 heterocycles. The quantitative estimate of drug-likeness (QED) is 0.240. The first kappa shape index (κ1) is 24.8. The zero-order valence-electron chi connectivity index (χ0n) is 20.5. The van der Waals surface area contributed by atoms with Crippen molar-refractivity contribution in [1.82, 2.24) is 14.9 Å². The molecular weight excluding hydrogens is 458 g/mol. The fourth-order valence-electron chi connectivity index (χ4n) is 4.15. The molecule has 3 aromatic carbocycles. The van der Waals surface area contributed by atoms with E-state index in [1.165, 1.54) is 5.56 Å². The Morgan fingerprint density at radius 1 is 0.971 bits per heavy atom. The van der Waals surface area contributed by atoms with Gasteiger partial charge in [-0.2, -0.15) is 0 Å². The second-order valence-electron chi connectivity index (χ2n) is 9.06. The van der Waals surface area contributed by atoms with Gasteiger partial charge in [0.05, 0.1) is 34.3 Å². The average molecular weight is 490 g/mol. The Morgan fingerprint density at radius 2 is 1.69 bits per heavy atom. The van der Waals surface area contributed by atoms with E-state index in [0.29, 0.717) is 23.1 Å². The highest BCUT2D eigenvalue weighted by Crippen LogP contribution is 2.23. The van der Waals surface area contributed by atoms with Gasteiger partial charge in [0.2, 0.25) is 0 Å². The first-order valence-electron chi connectivity index (χ1n) is 12.2. The van der Waals surface area contributed by atoms with Gasteiger partial charge < -0.3 is 14.6 Å². The number of ether oxygens (including phenoxy) is 1. The summed E-state index contributed by atoms with van der Waals surface area (Å²) in [5, 5.41) is 3.49. The summed E-state index contributed by atoms with van der Waals surface area (Å²) in [5.41, 5.74) is 3.75. The van der Waals surface area contributed by atoms with Crippen LogP contribution in [0.15, 0.2) is 72.8 Å². The standard InChI is InChI=1S/C29H32ClN3O2/c1-20(2)22-14-16-23(17-15-22)35-19-9-8-18-33-27-13-7-6-12-26(27)32-28(33)21(3)31-29(34)24-10-4-5-11-25(24)30/h4-7,10-17,20-21H,8-9,18-19H2,1-3H3,(H,31,34). The van der Waals surface area contributed by atoms with Crippen LogP contribution in [0.3, 0.4) is 0 Å². The second-order valence-corrected chi connectivity index (χ2v) is 9.47. The largest absolute Gasteiger partial charge is 0.494 e. The van der Waals surface area contributed by atoms with E-state index in [0.717, 1.165) is 42.0 Å². The van der Waals surface area contributed by atoms with Crippen LogP contribution in [0.25, 0.3) is 11.0 Å². The van der Waals surface area contributed by atoms with Gasteiger partial charge in [0.25, 0.3) is 5.91 Å². The molecule has 0 radical (unpaired) electrons. The highest BCUT2D eigenvalue weighted by atomic mass is 35.5. The van der Waals surface area contributed by atoms with Crippen molar-refractivity contribution in [3.63, 3.8) is 0 Å². The summed E-state index contributed by atoms with van der Waals surface area (Å²) in [4.78, 5) is 17.7. The fourth-order valence-corrected chi connectivity index (χ4v) is 4.38. The molecule has 0 saturated heterocycles. The van der Waals surface area contributed by atoms with Gasteiger partial charge in [-0.25, -0.2) is 4.98 Å². The number of aryl methyl sites for hydroxylation is 1. The molecule has 1 amide bonds. The van der Waals surface area contributed by atoms with Gasteiger partial charge in [-0.15, -0.1) is 0 Å². The van der Waals surface area contributed by atoms with Crippen molar-refractivity contribution in [2.75, 3.05) is 6.61 Å². The van der Waals surface area contributed by atoms with Gasteiger partial charge in [0.1, 0.15) is 11.6 Å². The molecule has 0 bridgehead atoms. The summed E-state index contributed by atoms with van der Waals surface area (Å²) >= 11 is 6.21. The minimum Gasteiger partial charge on any atom is -0.494 e. The number of hydrogen-bond acceptors (Lipinski definition) is 3. The number of rotatable bonds is 10. The number of halogens is 1. The summed E-state index contributed by atoms with van der Waals surface area (Å²) in [6.07, 6.45) is 1.85. The molecule has 1 atom stereocenters. The molecule has 0 saturated carbocycles. The predicted molar refractivity (Wildman–Crippen MR) is 142 cm³/mol. The number of nitrogens with zero attached hydrogens (tertiary/aromatic N) is 2. The maximum absolute atomic E-state index is 12.8. The number of hydrogen-bond donors (Lipinski definition) is 1. The third-order valence-corrected chi connectivity index (χ3v) is 6.46. The van der Waals surface area contributed by atoms with Crippen LogP contribution in [0, 0.1) is 0 Å². The topological polar surface area (TPSA) is 56.1 Å². The first-order valence-corrected chi connectivity index (χ1v) is 12.5. The fraction of sp³-hybridized carbons (Fsp3) is 0.310. The highest BCUT2D eigenvalue weighted by Gasteiger charge is 2.20. The van der Waals surface area contributed by atoms with E-state index in [-0.39, 0.29) is 11.9 Å². The van der Waals surface area contributed by atoms with Crippen LogP contribution in [-0.4, -0.2) is 22.1 Å². The third kappa shape index (κ3) is 6.04. The van der Waals surface area contributed by atoms with Gasteiger partial charge >= 0.3 is 0 Å². The number of imidazole rings is 1. The molecular formula is C29H32ClN3O2. The van der Waals surface area contributed by atoms with Crippen LogP contribution >= 0.6 is 11.6 Å². The summed E-state index contributed by atoms with van der Waals surface area (Å²) in [5.74, 6) is 2.04. The molecule has 0 fully saturated rings. The summed E-state index contributed by atoms with van der Waals surface area (Å²) in [6, 6.07) is 23.2. The number of nitrogens with one attached hydrogen (secondary N) is 1. The van der Waals surface area contributed by atoms with Gasteiger partial charge in [0, 0.05) is 6.54 Å². The van der Waals surface area contributed by atoms with Crippen molar-refractivity contribution in [1.29, 1.82) is 0 Å². The van der Waals surface area contributed by atoms with Crippen molar-refractivity contribution in [3.05, 3.63) is 94.8 Å². The average Bonchev–Trinajstić information content (AvgIpc) is 3.23. The third-order valence-electron chi connectivity index (χ3n) is 6.13. The summed E-state index contributed by atoms with van der Waals surface area (Å²) in [6.45, 7) is 7.77. The summed E-state index contributed by atoms with van der Waals surface area (Å²) < 4.78 is 8.14. The zero-order valence-corrected chi connectivity index (χ0v) is 21.3. The Labute approximate surface area is 212 Å². The monoisotopic (exact) mass is 489 g/mol. The van der Waals surface area contributed by atoms with Gasteiger partial charge in [0.15, 0.2) is 0 Å². The molecule has 35 heavy (non-hydrogen) atoms. The highest BCUT2D eigenvalue weighted by molar-refractivity contribution is 6.33. The van der Waals surface area contributed by atoms with E-state index in [9.17, 15) is 4.79 Å². The molecule has 4 aromatic rings. The van der Waals surface area contributed by atoms with E-state index in [1.54, 1.807) is 18.2 Å². The van der Waals surface area contributed by atoms with Crippen molar-refractivity contribution in [2.45, 2.75) is 52.1 Å². The van der Waals surface area contributed by atoms with Gasteiger partial charge in [-0.3, -0.25) is 4.79 Å². The van der Waals surface area contributed by atoms with Crippen molar-refractivity contribution >= 4 is 28.5 Å². The van der Waals surface area contributed by atoms with E-state index >= 15 is 0 Å². The van der Waals surface area contributed by atoms with Crippen LogP contribution in [0.1, 0.15) is 67.3 Å². The minimum absolute atomic E-state index is 0.210. The lowest BCUT2D eigenvalue weighted by molar-refractivity contribution is 0.0938. The molecule has 182 valence electrons. The molecule has 6 heteroatoms. The number of unbranched alkanes of at least 4 members (excludes halogenated alkanes) is 1. The Kier molecular flexibility index (Phi) is 8.09. The molecule has 1 unspecified atom stereocenters. The molecule has 4 rings (SSSR count). The Balaban J connectivity index is 1.40. The van der Waals surface area contributed by atoms with Crippen LogP contribution < -0.4 is 10.1 Å². The van der Waals surface area contributed by atoms with Crippen LogP contribution in [0.4, 0.5) is 0 Å². The number of benzene rings is 3. The first-order chi connectivity index (χ1) is 16.9. The number of aromatic nitrogens is 2. The molecule has 5 nitrogen and oxygen atoms in total. The Hall–Kier alpha value is -3.31. The lowest BCUT2D eigenvalue weighted by Crippen LogP contribution is -2.29. The molecule has 1 aromatic heterocycles. The van der Waals surface area contributed by atoms with Crippen LogP contribution in [-0.2, 0) is 6.54 Å². The minimum atomic E-state index is -0.276.